The molecule has 0 nitrogen and oxygen atoms in total. The summed E-state index contributed by atoms with van der Waals surface area (Å²) in [5, 5.41) is 0. The first-order valence-corrected chi connectivity index (χ1v) is 9.06. The summed E-state index contributed by atoms with van der Waals surface area (Å²) < 4.78 is 0. The third-order valence-electron chi connectivity index (χ3n) is 3.77. The first-order valence-electron chi connectivity index (χ1n) is 9.06. The summed E-state index contributed by atoms with van der Waals surface area (Å²) in [7, 11) is 0. The molecule has 0 aliphatic rings. The van der Waals surface area contributed by atoms with Crippen molar-refractivity contribution in [1.82, 2.24) is 0 Å². The Morgan fingerprint density at radius 2 is 1.14 bits per heavy atom. The van der Waals surface area contributed by atoms with E-state index in [9.17, 15) is 0 Å². The standard InChI is InChI=1S/C28H28/c1-6-11-17-24(18-12-7-2)26(21-14-9-4)28-23-16-20-25(19-13-8-3)27(28)22-15-10-5/h6-23H,1-5H2. The van der Waals surface area contributed by atoms with Crippen LogP contribution in [0.4, 0.5) is 0 Å². The molecule has 0 radical (unpaired) electrons. The molecular formula is C28H28. The van der Waals surface area contributed by atoms with Crippen LogP contribution in [0.5, 0.6) is 0 Å². The Bertz CT molecular complexity index is 870. The molecule has 0 aliphatic carbocycles. The first-order chi connectivity index (χ1) is 13.7. The largest absolute Gasteiger partial charge is 0.0991 e. The fraction of sp³-hybridized carbons (Fsp3) is 0. The molecule has 0 bridgehead atoms. The maximum atomic E-state index is 3.81. The van der Waals surface area contributed by atoms with Gasteiger partial charge in [-0.3, -0.25) is 0 Å². The molecule has 0 heteroatoms. The molecule has 0 fully saturated rings. The molecule has 0 aromatic heterocycles. The van der Waals surface area contributed by atoms with Crippen molar-refractivity contribution < 1.29 is 0 Å². The van der Waals surface area contributed by atoms with Gasteiger partial charge in [-0.1, -0.05) is 142 Å². The molecule has 0 atom stereocenters. The zero-order chi connectivity index (χ0) is 20.6. The Labute approximate surface area is 170 Å². The van der Waals surface area contributed by atoms with Crippen LogP contribution in [0, 0.1) is 0 Å². The summed E-state index contributed by atoms with van der Waals surface area (Å²) in [5.41, 5.74) is 5.39. The zero-order valence-corrected chi connectivity index (χ0v) is 16.4. The van der Waals surface area contributed by atoms with Gasteiger partial charge in [0.1, 0.15) is 0 Å². The molecule has 0 unspecified atom stereocenters. The molecule has 0 aliphatic heterocycles. The molecule has 0 saturated heterocycles. The zero-order valence-electron chi connectivity index (χ0n) is 16.4. The van der Waals surface area contributed by atoms with Crippen LogP contribution in [-0.4, -0.2) is 0 Å². The van der Waals surface area contributed by atoms with E-state index in [1.54, 1.807) is 30.4 Å². The Kier molecular flexibility index (Phi) is 10.8. The monoisotopic (exact) mass is 364 g/mol. The maximum Gasteiger partial charge on any atom is -0.00994 e. The lowest BCUT2D eigenvalue weighted by Gasteiger charge is -2.13. The van der Waals surface area contributed by atoms with Crippen molar-refractivity contribution in [3.8, 4) is 0 Å². The molecule has 0 N–H and O–H groups in total. The summed E-state index contributed by atoms with van der Waals surface area (Å²) in [6, 6.07) is 6.25. The van der Waals surface area contributed by atoms with E-state index in [0.29, 0.717) is 0 Å². The van der Waals surface area contributed by atoms with Gasteiger partial charge in [0.15, 0.2) is 0 Å². The van der Waals surface area contributed by atoms with Crippen molar-refractivity contribution in [1.29, 1.82) is 0 Å². The quantitative estimate of drug-likeness (QED) is 0.348. The normalized spacial score (nSPS) is 11.6. The molecule has 1 aromatic carbocycles. The van der Waals surface area contributed by atoms with Crippen LogP contribution in [0.25, 0.3) is 17.7 Å². The Morgan fingerprint density at radius 1 is 0.607 bits per heavy atom. The fourth-order valence-electron chi connectivity index (χ4n) is 2.57. The van der Waals surface area contributed by atoms with Gasteiger partial charge >= 0.3 is 0 Å². The van der Waals surface area contributed by atoms with Gasteiger partial charge in [-0.2, -0.15) is 0 Å². The Morgan fingerprint density at radius 3 is 1.71 bits per heavy atom. The summed E-state index contributed by atoms with van der Waals surface area (Å²) in [6.07, 6.45) is 28.7. The van der Waals surface area contributed by atoms with Crippen molar-refractivity contribution in [2.24, 2.45) is 0 Å². The lowest BCUT2D eigenvalue weighted by molar-refractivity contribution is 1.52. The van der Waals surface area contributed by atoms with E-state index in [0.717, 1.165) is 27.8 Å². The lowest BCUT2D eigenvalue weighted by atomic mass is 9.90. The predicted octanol–water partition coefficient (Wildman–Crippen LogP) is 8.07. The van der Waals surface area contributed by atoms with Gasteiger partial charge in [0.05, 0.1) is 0 Å². The van der Waals surface area contributed by atoms with Gasteiger partial charge in [0, 0.05) is 0 Å². The summed E-state index contributed by atoms with van der Waals surface area (Å²) in [5.74, 6) is 0. The third kappa shape index (κ3) is 6.93. The van der Waals surface area contributed by atoms with Gasteiger partial charge in [0.25, 0.3) is 0 Å². The molecule has 0 amide bonds. The number of benzene rings is 1. The highest BCUT2D eigenvalue weighted by atomic mass is 14.1. The SMILES string of the molecule is C=CC=CC(C=CC=C)=C(C=CC=C)c1cccc(C=CC=C)c1C=CC=C. The highest BCUT2D eigenvalue weighted by Crippen LogP contribution is 2.30. The Balaban J connectivity index is 3.93. The van der Waals surface area contributed by atoms with Crippen LogP contribution in [-0.2, 0) is 0 Å². The van der Waals surface area contributed by atoms with Crippen LogP contribution in [0.15, 0.2) is 136 Å². The second kappa shape index (κ2) is 13.5. The van der Waals surface area contributed by atoms with E-state index in [2.05, 4.69) is 63.2 Å². The van der Waals surface area contributed by atoms with E-state index in [1.165, 1.54) is 0 Å². The van der Waals surface area contributed by atoms with Gasteiger partial charge < -0.3 is 0 Å². The van der Waals surface area contributed by atoms with Crippen LogP contribution in [0.3, 0.4) is 0 Å². The van der Waals surface area contributed by atoms with E-state index < -0.39 is 0 Å². The minimum atomic E-state index is 1.04. The van der Waals surface area contributed by atoms with Gasteiger partial charge in [-0.25, -0.2) is 0 Å². The fourth-order valence-corrected chi connectivity index (χ4v) is 2.57. The van der Waals surface area contributed by atoms with E-state index in [-0.39, 0.29) is 0 Å². The van der Waals surface area contributed by atoms with Crippen molar-refractivity contribution in [2.45, 2.75) is 0 Å². The van der Waals surface area contributed by atoms with E-state index >= 15 is 0 Å². The van der Waals surface area contributed by atoms with Gasteiger partial charge in [0.2, 0.25) is 0 Å². The van der Waals surface area contributed by atoms with Gasteiger partial charge in [-0.15, -0.1) is 0 Å². The summed E-state index contributed by atoms with van der Waals surface area (Å²) >= 11 is 0. The van der Waals surface area contributed by atoms with Crippen LogP contribution >= 0.6 is 0 Å². The third-order valence-corrected chi connectivity index (χ3v) is 3.77. The number of allylic oxidation sites excluding steroid dienone is 15. The minimum absolute atomic E-state index is 1.04. The van der Waals surface area contributed by atoms with Gasteiger partial charge in [-0.05, 0) is 27.8 Å². The highest BCUT2D eigenvalue weighted by Gasteiger charge is 2.09. The lowest BCUT2D eigenvalue weighted by Crippen LogP contribution is -1.93. The first kappa shape index (κ1) is 22.4. The second-order valence-corrected chi connectivity index (χ2v) is 5.65. The molecule has 0 spiro atoms. The summed E-state index contributed by atoms with van der Waals surface area (Å²) in [4.78, 5) is 0. The van der Waals surface area contributed by atoms with Crippen LogP contribution in [0.1, 0.15) is 16.7 Å². The van der Waals surface area contributed by atoms with Crippen molar-refractivity contribution in [3.05, 3.63) is 152 Å². The molecule has 0 saturated carbocycles. The second-order valence-electron chi connectivity index (χ2n) is 5.65. The number of rotatable bonds is 11. The molecule has 1 rings (SSSR count). The molecule has 1 aromatic rings. The van der Waals surface area contributed by atoms with E-state index in [1.807, 2.05) is 48.6 Å². The minimum Gasteiger partial charge on any atom is -0.0991 e. The Hall–Kier alpha value is -3.64. The molecule has 28 heavy (non-hydrogen) atoms. The topological polar surface area (TPSA) is 0 Å². The van der Waals surface area contributed by atoms with E-state index in [4.69, 9.17) is 0 Å². The van der Waals surface area contributed by atoms with Crippen molar-refractivity contribution >= 4 is 17.7 Å². The number of hydrogen-bond acceptors (Lipinski definition) is 0. The number of hydrogen-bond donors (Lipinski definition) is 0. The smallest absolute Gasteiger partial charge is 0.00994 e. The molecule has 140 valence electrons. The van der Waals surface area contributed by atoms with Crippen molar-refractivity contribution in [3.63, 3.8) is 0 Å². The molecule has 0 heterocycles. The van der Waals surface area contributed by atoms with Crippen LogP contribution < -0.4 is 0 Å². The molecular weight excluding hydrogens is 336 g/mol. The predicted molar refractivity (Wildman–Crippen MR) is 130 cm³/mol. The maximum absolute atomic E-state index is 3.81. The highest BCUT2D eigenvalue weighted by molar-refractivity contribution is 5.87. The average Bonchev–Trinajstić information content (AvgIpc) is 2.72. The summed E-state index contributed by atoms with van der Waals surface area (Å²) in [6.45, 7) is 19.0. The van der Waals surface area contributed by atoms with Crippen LogP contribution in [0.2, 0.25) is 0 Å². The average molecular weight is 365 g/mol. The van der Waals surface area contributed by atoms with Crippen molar-refractivity contribution in [2.75, 3.05) is 0 Å².